The number of rotatable bonds is 5. The molecule has 1 aromatic carbocycles. The zero-order valence-corrected chi connectivity index (χ0v) is 18.4. The van der Waals surface area contributed by atoms with Crippen LogP contribution in [-0.4, -0.2) is 39.2 Å². The maximum Gasteiger partial charge on any atom is 0.255 e. The van der Waals surface area contributed by atoms with E-state index in [0.717, 1.165) is 47.4 Å². The summed E-state index contributed by atoms with van der Waals surface area (Å²) in [5.41, 5.74) is 3.37. The number of fused-ring (bicyclic) bond motifs is 1. The largest absolute Gasteiger partial charge is 0.497 e. The van der Waals surface area contributed by atoms with Crippen molar-refractivity contribution in [3.63, 3.8) is 0 Å². The van der Waals surface area contributed by atoms with Crippen LogP contribution in [0.25, 0.3) is 11.0 Å². The summed E-state index contributed by atoms with van der Waals surface area (Å²) in [5.74, 6) is 0.852. The Hall–Kier alpha value is -3.19. The van der Waals surface area contributed by atoms with Gasteiger partial charge < -0.3 is 9.64 Å². The zero-order chi connectivity index (χ0) is 21.4. The predicted molar refractivity (Wildman–Crippen MR) is 122 cm³/mol. The van der Waals surface area contributed by atoms with Crippen molar-refractivity contribution >= 4 is 28.3 Å². The smallest absolute Gasteiger partial charge is 0.255 e. The van der Waals surface area contributed by atoms with Gasteiger partial charge in [-0.15, -0.1) is 11.3 Å². The highest BCUT2D eigenvalue weighted by atomic mass is 32.1. The third-order valence-electron chi connectivity index (χ3n) is 5.85. The number of methoxy groups -OCH3 is 1. The van der Waals surface area contributed by atoms with Gasteiger partial charge in [-0.2, -0.15) is 5.10 Å². The normalized spacial score (nSPS) is 16.2. The maximum atomic E-state index is 13.7. The van der Waals surface area contributed by atoms with Crippen molar-refractivity contribution in [2.75, 3.05) is 13.7 Å². The Morgan fingerprint density at radius 1 is 1.26 bits per heavy atom. The molecule has 0 radical (unpaired) electrons. The number of aromatic nitrogens is 3. The standard InChI is InChI=1S/C24H24N4O2S/c1-16-12-20(21-14-25-28(23(21)26-16)15-19-8-5-11-31-19)24(29)27-10-4-9-22(27)17-6-3-7-18(13-17)30-2/h3,5-8,11-14,22H,4,9-10,15H2,1-2H3. The van der Waals surface area contributed by atoms with E-state index in [4.69, 9.17) is 9.72 Å². The fraction of sp³-hybridized carbons (Fsp3) is 0.292. The van der Waals surface area contributed by atoms with E-state index in [2.05, 4.69) is 22.6 Å². The molecule has 1 aliphatic rings. The van der Waals surface area contributed by atoms with Gasteiger partial charge in [0, 0.05) is 17.1 Å². The minimum atomic E-state index is 0.0384. The van der Waals surface area contributed by atoms with Crippen LogP contribution in [-0.2, 0) is 6.54 Å². The van der Waals surface area contributed by atoms with Crippen molar-refractivity contribution in [1.82, 2.24) is 19.7 Å². The summed E-state index contributed by atoms with van der Waals surface area (Å²) in [5, 5.41) is 7.42. The van der Waals surface area contributed by atoms with Crippen molar-refractivity contribution in [2.24, 2.45) is 0 Å². The van der Waals surface area contributed by atoms with E-state index < -0.39 is 0 Å². The van der Waals surface area contributed by atoms with Gasteiger partial charge in [0.2, 0.25) is 0 Å². The van der Waals surface area contributed by atoms with Crippen molar-refractivity contribution < 1.29 is 9.53 Å². The number of nitrogens with zero attached hydrogens (tertiary/aromatic N) is 4. The Bertz CT molecular complexity index is 1230. The highest BCUT2D eigenvalue weighted by Gasteiger charge is 2.32. The molecular weight excluding hydrogens is 408 g/mol. The molecule has 1 amide bonds. The van der Waals surface area contributed by atoms with E-state index in [-0.39, 0.29) is 11.9 Å². The summed E-state index contributed by atoms with van der Waals surface area (Å²) in [6.07, 6.45) is 3.71. The molecule has 158 valence electrons. The SMILES string of the molecule is COc1cccc(C2CCCN2C(=O)c2cc(C)nc3c2cnn3Cc2cccs2)c1. The van der Waals surface area contributed by atoms with E-state index in [9.17, 15) is 4.79 Å². The van der Waals surface area contributed by atoms with Crippen LogP contribution in [0.4, 0.5) is 0 Å². The number of ether oxygens (including phenoxy) is 1. The van der Waals surface area contributed by atoms with Crippen molar-refractivity contribution in [3.05, 3.63) is 75.7 Å². The molecule has 0 spiro atoms. The first-order chi connectivity index (χ1) is 15.1. The van der Waals surface area contributed by atoms with Crippen LogP contribution in [0.5, 0.6) is 5.75 Å². The Kier molecular flexibility index (Phi) is 5.19. The second-order valence-electron chi connectivity index (χ2n) is 7.86. The second kappa shape index (κ2) is 8.15. The van der Waals surface area contributed by atoms with Gasteiger partial charge in [0.25, 0.3) is 5.91 Å². The lowest BCUT2D eigenvalue weighted by Gasteiger charge is -2.26. The van der Waals surface area contributed by atoms with Crippen molar-refractivity contribution in [2.45, 2.75) is 32.4 Å². The molecule has 3 aromatic heterocycles. The molecule has 0 bridgehead atoms. The minimum Gasteiger partial charge on any atom is -0.497 e. The number of carbonyl (C=O) groups is 1. The number of thiophene rings is 1. The number of carbonyl (C=O) groups excluding carboxylic acids is 1. The molecule has 1 unspecified atom stereocenters. The molecule has 1 atom stereocenters. The molecule has 1 fully saturated rings. The first-order valence-electron chi connectivity index (χ1n) is 10.4. The summed E-state index contributed by atoms with van der Waals surface area (Å²) in [6, 6.07) is 14.1. The lowest BCUT2D eigenvalue weighted by Crippen LogP contribution is -2.30. The summed E-state index contributed by atoms with van der Waals surface area (Å²) in [7, 11) is 1.67. The number of aryl methyl sites for hydroxylation is 1. The van der Waals surface area contributed by atoms with Crippen LogP contribution in [0.2, 0.25) is 0 Å². The molecular formula is C24H24N4O2S. The molecule has 0 saturated carbocycles. The van der Waals surface area contributed by atoms with Crippen LogP contribution in [0.1, 0.15) is 45.4 Å². The van der Waals surface area contributed by atoms with E-state index >= 15 is 0 Å². The van der Waals surface area contributed by atoms with Gasteiger partial charge in [0.15, 0.2) is 5.65 Å². The van der Waals surface area contributed by atoms with Gasteiger partial charge in [-0.05, 0) is 55.0 Å². The van der Waals surface area contributed by atoms with Crippen LogP contribution in [0, 0.1) is 6.92 Å². The molecule has 0 aliphatic carbocycles. The lowest BCUT2D eigenvalue weighted by atomic mass is 10.0. The monoisotopic (exact) mass is 432 g/mol. The topological polar surface area (TPSA) is 60.2 Å². The summed E-state index contributed by atoms with van der Waals surface area (Å²) < 4.78 is 7.28. The zero-order valence-electron chi connectivity index (χ0n) is 17.6. The predicted octanol–water partition coefficient (Wildman–Crippen LogP) is 4.84. The number of hydrogen-bond donors (Lipinski definition) is 0. The Morgan fingerprint density at radius 2 is 2.16 bits per heavy atom. The molecule has 4 aromatic rings. The van der Waals surface area contributed by atoms with E-state index in [1.165, 1.54) is 4.88 Å². The van der Waals surface area contributed by atoms with Crippen molar-refractivity contribution in [3.8, 4) is 5.75 Å². The summed E-state index contributed by atoms with van der Waals surface area (Å²) in [6.45, 7) is 3.33. The number of likely N-dealkylation sites (tertiary alicyclic amines) is 1. The van der Waals surface area contributed by atoms with Gasteiger partial charge in [0.05, 0.1) is 36.8 Å². The molecule has 7 heteroatoms. The first kappa shape index (κ1) is 19.8. The third-order valence-corrected chi connectivity index (χ3v) is 6.71. The van der Waals surface area contributed by atoms with Crippen molar-refractivity contribution in [1.29, 1.82) is 0 Å². The molecule has 5 rings (SSSR count). The van der Waals surface area contributed by atoms with Gasteiger partial charge in [-0.3, -0.25) is 4.79 Å². The average molecular weight is 433 g/mol. The molecule has 0 N–H and O–H groups in total. The molecule has 1 aliphatic heterocycles. The number of hydrogen-bond acceptors (Lipinski definition) is 5. The van der Waals surface area contributed by atoms with E-state index in [1.807, 2.05) is 46.8 Å². The van der Waals surface area contributed by atoms with Crippen LogP contribution in [0.3, 0.4) is 0 Å². The first-order valence-corrected chi connectivity index (χ1v) is 11.3. The van der Waals surface area contributed by atoms with Gasteiger partial charge >= 0.3 is 0 Å². The number of pyridine rings is 1. The Morgan fingerprint density at radius 3 is 2.97 bits per heavy atom. The second-order valence-corrected chi connectivity index (χ2v) is 8.90. The molecule has 31 heavy (non-hydrogen) atoms. The fourth-order valence-corrected chi connectivity index (χ4v) is 5.06. The van der Waals surface area contributed by atoms with E-state index in [0.29, 0.717) is 12.1 Å². The number of amides is 1. The summed E-state index contributed by atoms with van der Waals surface area (Å²) in [4.78, 5) is 21.6. The quantitative estimate of drug-likeness (QED) is 0.453. The average Bonchev–Trinajstić information content (AvgIpc) is 3.55. The lowest BCUT2D eigenvalue weighted by molar-refractivity contribution is 0.0737. The highest BCUT2D eigenvalue weighted by Crippen LogP contribution is 2.35. The summed E-state index contributed by atoms with van der Waals surface area (Å²) >= 11 is 1.69. The van der Waals surface area contributed by atoms with Gasteiger partial charge in [0.1, 0.15) is 5.75 Å². The molecule has 6 nitrogen and oxygen atoms in total. The van der Waals surface area contributed by atoms with Gasteiger partial charge in [-0.25, -0.2) is 9.67 Å². The van der Waals surface area contributed by atoms with Crippen LogP contribution in [0.15, 0.2) is 54.0 Å². The molecule has 1 saturated heterocycles. The Balaban J connectivity index is 1.51. The maximum absolute atomic E-state index is 13.7. The number of benzene rings is 1. The molecule has 4 heterocycles. The van der Waals surface area contributed by atoms with Gasteiger partial charge in [-0.1, -0.05) is 18.2 Å². The third kappa shape index (κ3) is 3.70. The van der Waals surface area contributed by atoms with Crippen LogP contribution < -0.4 is 4.74 Å². The van der Waals surface area contributed by atoms with Crippen LogP contribution >= 0.6 is 11.3 Å². The van der Waals surface area contributed by atoms with E-state index in [1.54, 1.807) is 24.6 Å². The highest BCUT2D eigenvalue weighted by molar-refractivity contribution is 7.09. The Labute approximate surface area is 185 Å². The minimum absolute atomic E-state index is 0.0384. The fourth-order valence-electron chi connectivity index (χ4n) is 4.38.